The monoisotopic (exact) mass is 409 g/mol. The third kappa shape index (κ3) is 4.22. The van der Waals surface area contributed by atoms with Crippen LogP contribution in [0.2, 0.25) is 0 Å². The summed E-state index contributed by atoms with van der Waals surface area (Å²) in [4.78, 5) is 38.5. The van der Waals surface area contributed by atoms with Gasteiger partial charge in [0.1, 0.15) is 6.04 Å². The molecule has 1 fully saturated rings. The van der Waals surface area contributed by atoms with Gasteiger partial charge in [0.15, 0.2) is 17.3 Å². The van der Waals surface area contributed by atoms with Crippen LogP contribution in [0.15, 0.2) is 42.5 Å². The molecule has 2 aliphatic heterocycles. The summed E-state index contributed by atoms with van der Waals surface area (Å²) in [5, 5.41) is 5.69. The van der Waals surface area contributed by atoms with Crippen LogP contribution < -0.4 is 20.1 Å². The molecule has 0 aliphatic carbocycles. The van der Waals surface area contributed by atoms with Gasteiger partial charge in [-0.05, 0) is 49.6 Å². The van der Waals surface area contributed by atoms with Crippen molar-refractivity contribution >= 4 is 23.4 Å². The number of hydrogen-bond donors (Lipinski definition) is 2. The van der Waals surface area contributed by atoms with E-state index in [2.05, 4.69) is 10.6 Å². The van der Waals surface area contributed by atoms with Crippen LogP contribution in [-0.2, 0) is 11.3 Å². The van der Waals surface area contributed by atoms with E-state index in [0.717, 1.165) is 12.0 Å². The molecule has 0 saturated carbocycles. The van der Waals surface area contributed by atoms with Gasteiger partial charge in [0, 0.05) is 24.3 Å². The van der Waals surface area contributed by atoms with Gasteiger partial charge in [-0.25, -0.2) is 4.79 Å². The molecule has 0 spiro atoms. The first-order valence-electron chi connectivity index (χ1n) is 9.86. The van der Waals surface area contributed by atoms with Crippen LogP contribution in [0.25, 0.3) is 0 Å². The number of hydrogen-bond acceptors (Lipinski definition) is 5. The van der Waals surface area contributed by atoms with Gasteiger partial charge in [0.25, 0.3) is 0 Å². The molecule has 2 aliphatic rings. The molecule has 2 N–H and O–H groups in total. The van der Waals surface area contributed by atoms with Gasteiger partial charge in [0.05, 0.1) is 0 Å². The van der Waals surface area contributed by atoms with Crippen LogP contribution in [0, 0.1) is 0 Å². The first kappa shape index (κ1) is 19.8. The van der Waals surface area contributed by atoms with Crippen molar-refractivity contribution in [1.82, 2.24) is 10.2 Å². The minimum atomic E-state index is -0.532. The van der Waals surface area contributed by atoms with Gasteiger partial charge < -0.3 is 25.0 Å². The number of rotatable bonds is 5. The Balaban J connectivity index is 1.36. The number of amides is 3. The number of likely N-dealkylation sites (tertiary alicyclic amines) is 1. The molecule has 8 heteroatoms. The second-order valence-corrected chi connectivity index (χ2v) is 7.32. The van der Waals surface area contributed by atoms with E-state index < -0.39 is 6.04 Å². The molecule has 156 valence electrons. The van der Waals surface area contributed by atoms with Crippen molar-refractivity contribution < 1.29 is 23.9 Å². The quantitative estimate of drug-likeness (QED) is 0.740. The predicted molar refractivity (Wildman–Crippen MR) is 110 cm³/mol. The summed E-state index contributed by atoms with van der Waals surface area (Å²) in [6.45, 7) is 2.51. The van der Waals surface area contributed by atoms with Crippen LogP contribution in [0.1, 0.15) is 35.7 Å². The summed E-state index contributed by atoms with van der Waals surface area (Å²) in [6, 6.07) is 11.4. The Labute approximate surface area is 174 Å². The van der Waals surface area contributed by atoms with Crippen LogP contribution in [-0.4, -0.2) is 42.0 Å². The highest BCUT2D eigenvalue weighted by Crippen LogP contribution is 2.32. The van der Waals surface area contributed by atoms with E-state index in [1.807, 2.05) is 18.2 Å². The van der Waals surface area contributed by atoms with E-state index in [4.69, 9.17) is 9.47 Å². The average molecular weight is 409 g/mol. The van der Waals surface area contributed by atoms with Gasteiger partial charge in [-0.15, -0.1) is 0 Å². The number of urea groups is 1. The zero-order chi connectivity index (χ0) is 21.1. The van der Waals surface area contributed by atoms with Crippen molar-refractivity contribution in [3.05, 3.63) is 53.6 Å². The van der Waals surface area contributed by atoms with Gasteiger partial charge in [-0.3, -0.25) is 9.59 Å². The number of ketones is 1. The minimum absolute atomic E-state index is 0.0759. The maximum Gasteiger partial charge on any atom is 0.322 e. The van der Waals surface area contributed by atoms with Crippen molar-refractivity contribution in [2.45, 2.75) is 32.4 Å². The van der Waals surface area contributed by atoms with Gasteiger partial charge >= 0.3 is 6.03 Å². The lowest BCUT2D eigenvalue weighted by Gasteiger charge is -2.24. The molecule has 0 unspecified atom stereocenters. The van der Waals surface area contributed by atoms with Gasteiger partial charge in [0.2, 0.25) is 12.7 Å². The molecule has 8 nitrogen and oxygen atoms in total. The van der Waals surface area contributed by atoms with E-state index in [-0.39, 0.29) is 24.5 Å². The zero-order valence-corrected chi connectivity index (χ0v) is 16.6. The summed E-state index contributed by atoms with van der Waals surface area (Å²) in [5.41, 5.74) is 1.94. The number of benzene rings is 2. The number of carbonyl (C=O) groups is 3. The Kier molecular flexibility index (Phi) is 5.56. The summed E-state index contributed by atoms with van der Waals surface area (Å²) in [5.74, 6) is 1.08. The molecule has 4 rings (SSSR count). The minimum Gasteiger partial charge on any atom is -0.454 e. The number of Topliss-reactive ketones (excluding diaryl/α,β-unsaturated/α-hetero) is 1. The molecule has 1 atom stereocenters. The highest BCUT2D eigenvalue weighted by molar-refractivity contribution is 5.97. The molecule has 2 heterocycles. The van der Waals surface area contributed by atoms with E-state index in [1.165, 1.54) is 11.8 Å². The smallest absolute Gasteiger partial charge is 0.322 e. The lowest BCUT2D eigenvalue weighted by molar-refractivity contribution is -0.124. The maximum absolute atomic E-state index is 12.7. The fourth-order valence-electron chi connectivity index (χ4n) is 3.65. The lowest BCUT2D eigenvalue weighted by Crippen LogP contribution is -2.47. The fourth-order valence-corrected chi connectivity index (χ4v) is 3.65. The van der Waals surface area contributed by atoms with E-state index >= 15 is 0 Å². The maximum atomic E-state index is 12.7. The third-order valence-corrected chi connectivity index (χ3v) is 5.24. The second kappa shape index (κ2) is 8.44. The predicted octanol–water partition coefficient (Wildman–Crippen LogP) is 2.93. The second-order valence-electron chi connectivity index (χ2n) is 7.32. The number of ether oxygens (including phenoxy) is 2. The molecule has 2 aromatic carbocycles. The lowest BCUT2D eigenvalue weighted by atomic mass is 10.1. The van der Waals surface area contributed by atoms with Crippen molar-refractivity contribution in [2.24, 2.45) is 0 Å². The van der Waals surface area contributed by atoms with Gasteiger partial charge in [-0.2, -0.15) is 0 Å². The Hall–Kier alpha value is -3.55. The molecule has 0 bridgehead atoms. The Bertz CT molecular complexity index is 990. The highest BCUT2D eigenvalue weighted by atomic mass is 16.7. The molecule has 30 heavy (non-hydrogen) atoms. The fraction of sp³-hybridized carbons (Fsp3) is 0.318. The molecular weight excluding hydrogens is 386 g/mol. The van der Waals surface area contributed by atoms with Crippen LogP contribution in [0.4, 0.5) is 10.5 Å². The summed E-state index contributed by atoms with van der Waals surface area (Å²) >= 11 is 0. The van der Waals surface area contributed by atoms with Crippen molar-refractivity contribution in [2.75, 3.05) is 18.7 Å². The SMILES string of the molecule is CC(=O)c1cccc(NC(=O)N2CCC[C@@H]2C(=O)NCc2ccc3c(c2)OCO3)c1. The molecule has 2 aromatic rings. The normalized spacial score (nSPS) is 17.0. The average Bonchev–Trinajstić information content (AvgIpc) is 3.41. The number of fused-ring (bicyclic) bond motifs is 1. The zero-order valence-electron chi connectivity index (χ0n) is 16.6. The Morgan fingerprint density at radius 3 is 2.77 bits per heavy atom. The van der Waals surface area contributed by atoms with Crippen LogP contribution in [0.5, 0.6) is 11.5 Å². The van der Waals surface area contributed by atoms with Crippen molar-refractivity contribution in [3.63, 3.8) is 0 Å². The molecule has 3 amide bonds. The van der Waals surface area contributed by atoms with E-state index in [1.54, 1.807) is 24.3 Å². The Morgan fingerprint density at radius 2 is 1.93 bits per heavy atom. The number of carbonyl (C=O) groups excluding carboxylic acids is 3. The summed E-state index contributed by atoms with van der Waals surface area (Å²) in [6.07, 6.45) is 1.36. The summed E-state index contributed by atoms with van der Waals surface area (Å²) in [7, 11) is 0. The van der Waals surface area contributed by atoms with Crippen molar-refractivity contribution in [3.8, 4) is 11.5 Å². The first-order chi connectivity index (χ1) is 14.5. The molecule has 0 aromatic heterocycles. The molecule has 1 saturated heterocycles. The number of nitrogens with one attached hydrogen (secondary N) is 2. The largest absolute Gasteiger partial charge is 0.454 e. The molecular formula is C22H23N3O5. The number of nitrogens with zero attached hydrogens (tertiary/aromatic N) is 1. The van der Waals surface area contributed by atoms with Crippen LogP contribution >= 0.6 is 0 Å². The van der Waals surface area contributed by atoms with E-state index in [9.17, 15) is 14.4 Å². The number of anilines is 1. The highest BCUT2D eigenvalue weighted by Gasteiger charge is 2.34. The molecule has 0 radical (unpaired) electrons. The third-order valence-electron chi connectivity index (χ3n) is 5.24. The van der Waals surface area contributed by atoms with Crippen LogP contribution in [0.3, 0.4) is 0 Å². The van der Waals surface area contributed by atoms with Gasteiger partial charge in [-0.1, -0.05) is 18.2 Å². The standard InChI is InChI=1S/C22H23N3O5/c1-14(26)16-4-2-5-17(11-16)24-22(28)25-9-3-6-18(25)21(27)23-12-15-7-8-19-20(10-15)30-13-29-19/h2,4-5,7-8,10-11,18H,3,6,9,12-13H2,1H3,(H,23,27)(H,24,28)/t18-/m1/s1. The topological polar surface area (TPSA) is 97.0 Å². The first-order valence-corrected chi connectivity index (χ1v) is 9.86. The van der Waals surface area contributed by atoms with Crippen molar-refractivity contribution in [1.29, 1.82) is 0 Å². The Morgan fingerprint density at radius 1 is 1.10 bits per heavy atom. The van der Waals surface area contributed by atoms with E-state index in [0.29, 0.717) is 42.3 Å². The summed E-state index contributed by atoms with van der Waals surface area (Å²) < 4.78 is 10.6.